The lowest BCUT2D eigenvalue weighted by Gasteiger charge is -2.05. The maximum absolute atomic E-state index is 10.9. The molecule has 2 aromatic heterocycles. The van der Waals surface area contributed by atoms with E-state index in [9.17, 15) is 18.0 Å². The molecule has 11 heteroatoms. The number of carboxylic acid groups (broad SMARTS) is 2. The first-order valence-electron chi connectivity index (χ1n) is 7.81. The van der Waals surface area contributed by atoms with Crippen molar-refractivity contribution in [3.8, 4) is 0 Å². The van der Waals surface area contributed by atoms with Crippen LogP contribution in [0.5, 0.6) is 0 Å². The zero-order valence-electron chi connectivity index (χ0n) is 14.5. The highest BCUT2D eigenvalue weighted by Gasteiger charge is 2.38. The molecule has 0 bridgehead atoms. The van der Waals surface area contributed by atoms with Gasteiger partial charge in [0.2, 0.25) is 0 Å². The number of fused-ring (bicyclic) bond motifs is 1. The number of hydrogen-bond donors (Lipinski definition) is 3. The van der Waals surface area contributed by atoms with Crippen molar-refractivity contribution in [2.45, 2.75) is 19.3 Å². The lowest BCUT2D eigenvalue weighted by Crippen LogP contribution is -2.21. The van der Waals surface area contributed by atoms with Crippen LogP contribution in [-0.4, -0.2) is 38.1 Å². The van der Waals surface area contributed by atoms with Gasteiger partial charge in [-0.15, -0.1) is 11.3 Å². The highest BCUT2D eigenvalue weighted by atomic mass is 32.1. The van der Waals surface area contributed by atoms with Crippen LogP contribution >= 0.6 is 11.3 Å². The Morgan fingerprint density at radius 2 is 1.86 bits per heavy atom. The third kappa shape index (κ3) is 5.79. The number of aryl methyl sites for hydroxylation is 1. The van der Waals surface area contributed by atoms with Crippen LogP contribution in [-0.2, 0) is 24.9 Å². The van der Waals surface area contributed by atoms with E-state index in [1.807, 2.05) is 0 Å². The Bertz CT molecular complexity index is 982. The number of nitrogens with one attached hydrogen (secondary N) is 1. The first-order chi connectivity index (χ1) is 13.1. The molecule has 0 aliphatic heterocycles. The van der Waals surface area contributed by atoms with Crippen molar-refractivity contribution in [2.24, 2.45) is 7.05 Å². The molecule has 2 heterocycles. The van der Waals surface area contributed by atoms with Gasteiger partial charge in [-0.25, -0.2) is 9.59 Å². The molecule has 0 spiro atoms. The minimum atomic E-state index is -5.08. The fourth-order valence-corrected chi connectivity index (χ4v) is 3.01. The molecule has 0 saturated carbocycles. The molecule has 0 atom stereocenters. The molecule has 0 saturated heterocycles. The average molecular weight is 415 g/mol. The number of hydrogen-bond acceptors (Lipinski definition) is 5. The number of halogens is 3. The van der Waals surface area contributed by atoms with Crippen molar-refractivity contribution in [3.05, 3.63) is 52.7 Å². The second-order valence-electron chi connectivity index (χ2n) is 5.65. The highest BCUT2D eigenvalue weighted by Crippen LogP contribution is 2.21. The zero-order chi connectivity index (χ0) is 20.9. The quantitative estimate of drug-likeness (QED) is 0.591. The fourth-order valence-electron chi connectivity index (χ4n) is 2.24. The Labute approximate surface area is 161 Å². The van der Waals surface area contributed by atoms with Gasteiger partial charge in [-0.1, -0.05) is 6.07 Å². The number of aromatic carboxylic acids is 1. The van der Waals surface area contributed by atoms with Crippen molar-refractivity contribution in [1.29, 1.82) is 0 Å². The number of alkyl halides is 3. The smallest absolute Gasteiger partial charge is 0.476 e. The van der Waals surface area contributed by atoms with Gasteiger partial charge in [0.1, 0.15) is 0 Å². The SMILES string of the molecule is Cn1nc(C(=O)O)cc1CNCc1ccc2sccc2c1.O=C(O)C(F)(F)F. The summed E-state index contributed by atoms with van der Waals surface area (Å²) in [6.45, 7) is 1.32. The predicted octanol–water partition coefficient (Wildman–Crippen LogP) is 3.26. The van der Waals surface area contributed by atoms with Crippen LogP contribution in [0.3, 0.4) is 0 Å². The third-order valence-corrected chi connectivity index (χ3v) is 4.49. The Morgan fingerprint density at radius 1 is 1.18 bits per heavy atom. The van der Waals surface area contributed by atoms with Gasteiger partial charge in [0, 0.05) is 24.8 Å². The van der Waals surface area contributed by atoms with Gasteiger partial charge < -0.3 is 15.5 Å². The van der Waals surface area contributed by atoms with Crippen molar-refractivity contribution < 1.29 is 33.0 Å². The first kappa shape index (κ1) is 21.4. The van der Waals surface area contributed by atoms with E-state index in [1.165, 1.54) is 15.6 Å². The van der Waals surface area contributed by atoms with Crippen LogP contribution in [0.2, 0.25) is 0 Å². The van der Waals surface area contributed by atoms with E-state index in [0.717, 1.165) is 12.2 Å². The molecule has 3 aromatic rings. The van der Waals surface area contributed by atoms with Gasteiger partial charge in [0.25, 0.3) is 0 Å². The van der Waals surface area contributed by atoms with Gasteiger partial charge in [-0.2, -0.15) is 18.3 Å². The van der Waals surface area contributed by atoms with E-state index in [4.69, 9.17) is 15.0 Å². The van der Waals surface area contributed by atoms with Crippen LogP contribution in [0.1, 0.15) is 21.7 Å². The van der Waals surface area contributed by atoms with E-state index in [0.29, 0.717) is 6.54 Å². The average Bonchev–Trinajstić information content (AvgIpc) is 3.21. The van der Waals surface area contributed by atoms with Crippen molar-refractivity contribution in [1.82, 2.24) is 15.1 Å². The molecule has 1 aromatic carbocycles. The second-order valence-corrected chi connectivity index (χ2v) is 6.60. The van der Waals surface area contributed by atoms with E-state index < -0.39 is 18.1 Å². The third-order valence-electron chi connectivity index (χ3n) is 3.59. The number of aromatic nitrogens is 2. The summed E-state index contributed by atoms with van der Waals surface area (Å²) >= 11 is 1.74. The molecule has 3 N–H and O–H groups in total. The number of aliphatic carboxylic acids is 1. The zero-order valence-corrected chi connectivity index (χ0v) is 15.3. The fraction of sp³-hybridized carbons (Fsp3) is 0.235. The number of rotatable bonds is 5. The van der Waals surface area contributed by atoms with Gasteiger partial charge in [0.15, 0.2) is 5.69 Å². The number of carboxylic acids is 2. The molecule has 0 fully saturated rings. The van der Waals surface area contributed by atoms with Crippen LogP contribution in [0.25, 0.3) is 10.1 Å². The van der Waals surface area contributed by atoms with Crippen LogP contribution in [0, 0.1) is 0 Å². The van der Waals surface area contributed by atoms with Crippen LogP contribution < -0.4 is 5.32 Å². The van der Waals surface area contributed by atoms with Crippen LogP contribution in [0.15, 0.2) is 35.7 Å². The normalized spacial score (nSPS) is 11.1. The minimum absolute atomic E-state index is 0.0778. The number of benzene rings is 1. The van der Waals surface area contributed by atoms with Gasteiger partial charge in [-0.3, -0.25) is 4.68 Å². The summed E-state index contributed by atoms with van der Waals surface area (Å²) in [5.41, 5.74) is 2.14. The van der Waals surface area contributed by atoms with Gasteiger partial charge in [0.05, 0.1) is 5.69 Å². The predicted molar refractivity (Wildman–Crippen MR) is 96.2 cm³/mol. The summed E-state index contributed by atoms with van der Waals surface area (Å²) in [6.07, 6.45) is -5.08. The van der Waals surface area contributed by atoms with E-state index in [2.05, 4.69) is 40.1 Å². The Balaban J connectivity index is 0.000000345. The monoisotopic (exact) mass is 415 g/mol. The molecule has 0 radical (unpaired) electrons. The Morgan fingerprint density at radius 3 is 2.43 bits per heavy atom. The summed E-state index contributed by atoms with van der Waals surface area (Å²) < 4.78 is 34.6. The summed E-state index contributed by atoms with van der Waals surface area (Å²) in [5, 5.41) is 26.6. The molecule has 7 nitrogen and oxygen atoms in total. The van der Waals surface area contributed by atoms with Crippen LogP contribution in [0.4, 0.5) is 13.2 Å². The molecular weight excluding hydrogens is 399 g/mol. The molecule has 150 valence electrons. The maximum Gasteiger partial charge on any atom is 0.490 e. The van der Waals surface area contributed by atoms with Gasteiger partial charge >= 0.3 is 18.1 Å². The number of carbonyl (C=O) groups is 2. The molecule has 0 unspecified atom stereocenters. The molecule has 28 heavy (non-hydrogen) atoms. The standard InChI is InChI=1S/C15H15N3O2S.C2HF3O2/c1-18-12(7-13(17-18)15(19)20)9-16-8-10-2-3-14-11(6-10)4-5-21-14;3-2(4,5)1(6)7/h2-7,16H,8-9H2,1H3,(H,19,20);(H,6,7). The summed E-state index contributed by atoms with van der Waals surface area (Å²) in [6, 6.07) is 10.1. The van der Waals surface area contributed by atoms with E-state index in [1.54, 1.807) is 29.1 Å². The molecule has 0 aliphatic carbocycles. The first-order valence-corrected chi connectivity index (χ1v) is 8.69. The van der Waals surface area contributed by atoms with E-state index >= 15 is 0 Å². The Hall–Kier alpha value is -2.92. The molecular formula is C17H16F3N3O4S. The summed E-state index contributed by atoms with van der Waals surface area (Å²) in [5.74, 6) is -3.76. The lowest BCUT2D eigenvalue weighted by atomic mass is 10.1. The highest BCUT2D eigenvalue weighted by molar-refractivity contribution is 7.17. The molecule has 0 amide bonds. The van der Waals surface area contributed by atoms with Gasteiger partial charge in [-0.05, 0) is 40.6 Å². The second kappa shape index (κ2) is 8.85. The number of nitrogens with zero attached hydrogens (tertiary/aromatic N) is 2. The van der Waals surface area contributed by atoms with Crippen molar-refractivity contribution in [2.75, 3.05) is 0 Å². The molecule has 3 rings (SSSR count). The summed E-state index contributed by atoms with van der Waals surface area (Å²) in [4.78, 5) is 19.8. The lowest BCUT2D eigenvalue weighted by molar-refractivity contribution is -0.192. The largest absolute Gasteiger partial charge is 0.490 e. The summed E-state index contributed by atoms with van der Waals surface area (Å²) in [7, 11) is 1.75. The minimum Gasteiger partial charge on any atom is -0.476 e. The topological polar surface area (TPSA) is 104 Å². The van der Waals surface area contributed by atoms with E-state index in [-0.39, 0.29) is 5.69 Å². The van der Waals surface area contributed by atoms with Crippen molar-refractivity contribution in [3.63, 3.8) is 0 Å². The molecule has 0 aliphatic rings. The number of thiophene rings is 1. The maximum atomic E-state index is 10.9. The van der Waals surface area contributed by atoms with Crippen molar-refractivity contribution >= 4 is 33.4 Å². The Kier molecular flexibility index (Phi) is 6.75.